The average Bonchev–Trinajstić information content (AvgIpc) is 2.85. The number of halogens is 1. The Morgan fingerprint density at radius 2 is 1.95 bits per heavy atom. The lowest BCUT2D eigenvalue weighted by Crippen LogP contribution is -2.48. The highest BCUT2D eigenvalue weighted by molar-refractivity contribution is 7.88. The predicted molar refractivity (Wildman–Crippen MR) is 75.3 cm³/mol. The number of anilines is 1. The number of fused-ring (bicyclic) bond motifs is 1. The minimum atomic E-state index is -3.14. The normalized spacial score (nSPS) is 17.8. The fourth-order valence-corrected chi connectivity index (χ4v) is 3.26. The first-order chi connectivity index (χ1) is 9.45. The predicted octanol–water partition coefficient (Wildman–Crippen LogP) is 0.0879. The topological polar surface area (TPSA) is 95.1 Å². The Bertz CT molecular complexity index is 737. The first-order valence-corrected chi connectivity index (χ1v) is 8.24. The smallest absolute Gasteiger partial charge is 0.226 e. The number of nitrogens with one attached hydrogen (secondary N) is 1. The van der Waals surface area contributed by atoms with E-state index in [9.17, 15) is 8.42 Å². The van der Waals surface area contributed by atoms with E-state index in [-0.39, 0.29) is 5.28 Å². The van der Waals surface area contributed by atoms with Crippen LogP contribution in [-0.2, 0) is 10.0 Å². The van der Waals surface area contributed by atoms with E-state index in [4.69, 9.17) is 11.6 Å². The molecular formula is C10H13ClN6O2S. The number of aromatic nitrogens is 4. The van der Waals surface area contributed by atoms with Crippen LogP contribution in [0.1, 0.15) is 0 Å². The van der Waals surface area contributed by atoms with Gasteiger partial charge in [-0.1, -0.05) is 0 Å². The number of aromatic amines is 1. The number of H-pyrrole nitrogens is 1. The summed E-state index contributed by atoms with van der Waals surface area (Å²) in [5, 5.41) is 7.61. The molecule has 0 radical (unpaired) electrons. The van der Waals surface area contributed by atoms with Crippen molar-refractivity contribution in [3.8, 4) is 0 Å². The van der Waals surface area contributed by atoms with Crippen molar-refractivity contribution in [1.82, 2.24) is 24.5 Å². The molecule has 0 atom stereocenters. The molecule has 1 fully saturated rings. The van der Waals surface area contributed by atoms with E-state index in [1.165, 1.54) is 10.6 Å². The number of hydrogen-bond acceptors (Lipinski definition) is 6. The molecule has 1 N–H and O–H groups in total. The minimum Gasteiger partial charge on any atom is -0.353 e. The summed E-state index contributed by atoms with van der Waals surface area (Å²) >= 11 is 5.90. The molecule has 108 valence electrons. The maximum Gasteiger partial charge on any atom is 0.226 e. The van der Waals surface area contributed by atoms with Crippen LogP contribution in [0.25, 0.3) is 11.0 Å². The molecule has 0 unspecified atom stereocenters. The average molecular weight is 317 g/mol. The van der Waals surface area contributed by atoms with Crippen LogP contribution in [0.15, 0.2) is 6.20 Å². The van der Waals surface area contributed by atoms with Gasteiger partial charge in [-0.3, -0.25) is 5.10 Å². The fourth-order valence-electron chi connectivity index (χ4n) is 2.27. The second-order valence-electron chi connectivity index (χ2n) is 4.60. The van der Waals surface area contributed by atoms with E-state index in [1.54, 1.807) is 6.20 Å². The zero-order chi connectivity index (χ0) is 14.3. The van der Waals surface area contributed by atoms with Crippen molar-refractivity contribution in [3.05, 3.63) is 11.5 Å². The Kier molecular flexibility index (Phi) is 3.27. The summed E-state index contributed by atoms with van der Waals surface area (Å²) in [7, 11) is -3.14. The minimum absolute atomic E-state index is 0.141. The van der Waals surface area contributed by atoms with Crippen LogP contribution in [0, 0.1) is 0 Å². The molecule has 0 spiro atoms. The number of piperazine rings is 1. The Hall–Kier alpha value is -1.45. The van der Waals surface area contributed by atoms with Gasteiger partial charge in [0, 0.05) is 26.2 Å². The second-order valence-corrected chi connectivity index (χ2v) is 6.92. The molecule has 1 saturated heterocycles. The molecule has 0 amide bonds. The molecule has 20 heavy (non-hydrogen) atoms. The summed E-state index contributed by atoms with van der Waals surface area (Å²) in [4.78, 5) is 10.3. The van der Waals surface area contributed by atoms with E-state index in [0.717, 1.165) is 5.39 Å². The molecule has 2 aromatic rings. The van der Waals surface area contributed by atoms with Crippen LogP contribution in [0.3, 0.4) is 0 Å². The first kappa shape index (κ1) is 13.5. The van der Waals surface area contributed by atoms with Gasteiger partial charge in [-0.2, -0.15) is 19.4 Å². The Morgan fingerprint density at radius 1 is 1.25 bits per heavy atom. The van der Waals surface area contributed by atoms with Crippen LogP contribution in [-0.4, -0.2) is 65.3 Å². The molecule has 0 bridgehead atoms. The van der Waals surface area contributed by atoms with Crippen molar-refractivity contribution in [2.24, 2.45) is 0 Å². The van der Waals surface area contributed by atoms with Gasteiger partial charge in [0.05, 0.1) is 17.8 Å². The number of rotatable bonds is 2. The molecule has 0 saturated carbocycles. The number of hydrogen-bond donors (Lipinski definition) is 1. The van der Waals surface area contributed by atoms with Crippen LogP contribution < -0.4 is 4.90 Å². The van der Waals surface area contributed by atoms with E-state index in [1.807, 2.05) is 4.90 Å². The molecule has 8 nitrogen and oxygen atoms in total. The summed E-state index contributed by atoms with van der Waals surface area (Å²) in [6.07, 6.45) is 2.86. The van der Waals surface area contributed by atoms with Crippen LogP contribution in [0.5, 0.6) is 0 Å². The van der Waals surface area contributed by atoms with Gasteiger partial charge in [-0.25, -0.2) is 8.42 Å². The van der Waals surface area contributed by atoms with Crippen LogP contribution in [0.4, 0.5) is 5.82 Å². The Morgan fingerprint density at radius 3 is 2.60 bits per heavy atom. The van der Waals surface area contributed by atoms with E-state index in [0.29, 0.717) is 37.6 Å². The van der Waals surface area contributed by atoms with Crippen molar-refractivity contribution in [1.29, 1.82) is 0 Å². The monoisotopic (exact) mass is 316 g/mol. The quantitative estimate of drug-likeness (QED) is 0.789. The molecule has 3 heterocycles. The van der Waals surface area contributed by atoms with E-state index in [2.05, 4.69) is 20.2 Å². The highest BCUT2D eigenvalue weighted by atomic mass is 35.5. The molecular weight excluding hydrogens is 304 g/mol. The third-order valence-corrected chi connectivity index (χ3v) is 4.74. The van der Waals surface area contributed by atoms with Crippen molar-refractivity contribution in [3.63, 3.8) is 0 Å². The standard InChI is InChI=1S/C10H13ClN6O2S/c1-20(18,19)17-4-2-16(3-5-17)9-7-6-12-15-8(7)13-10(11)14-9/h6H,2-5H2,1H3,(H,12,13,14,15). The SMILES string of the molecule is CS(=O)(=O)N1CCN(c2nc(Cl)nc3[nH]ncc23)CC1. The summed E-state index contributed by atoms with van der Waals surface area (Å²) in [6, 6.07) is 0. The zero-order valence-corrected chi connectivity index (χ0v) is 12.3. The van der Waals surface area contributed by atoms with Gasteiger partial charge in [-0.05, 0) is 11.6 Å². The van der Waals surface area contributed by atoms with Crippen LogP contribution in [0.2, 0.25) is 5.28 Å². The lowest BCUT2D eigenvalue weighted by Gasteiger charge is -2.34. The number of nitrogens with zero attached hydrogens (tertiary/aromatic N) is 5. The van der Waals surface area contributed by atoms with E-state index >= 15 is 0 Å². The lowest BCUT2D eigenvalue weighted by atomic mass is 10.3. The van der Waals surface area contributed by atoms with Gasteiger partial charge in [-0.15, -0.1) is 0 Å². The van der Waals surface area contributed by atoms with Crippen molar-refractivity contribution in [2.75, 3.05) is 37.3 Å². The van der Waals surface area contributed by atoms with Gasteiger partial charge < -0.3 is 4.90 Å². The van der Waals surface area contributed by atoms with Gasteiger partial charge in [0.25, 0.3) is 0 Å². The molecule has 2 aromatic heterocycles. The van der Waals surface area contributed by atoms with Gasteiger partial charge in [0.1, 0.15) is 5.82 Å². The summed E-state index contributed by atoms with van der Waals surface area (Å²) in [5.41, 5.74) is 0.575. The zero-order valence-electron chi connectivity index (χ0n) is 10.7. The molecule has 10 heteroatoms. The summed E-state index contributed by atoms with van der Waals surface area (Å²) < 4.78 is 24.5. The molecule has 1 aliphatic rings. The van der Waals surface area contributed by atoms with E-state index < -0.39 is 10.0 Å². The molecule has 3 rings (SSSR count). The first-order valence-electron chi connectivity index (χ1n) is 6.02. The van der Waals surface area contributed by atoms with Crippen molar-refractivity contribution >= 4 is 38.5 Å². The third kappa shape index (κ3) is 2.43. The van der Waals surface area contributed by atoms with Crippen LogP contribution >= 0.6 is 11.6 Å². The Labute approximate surface area is 120 Å². The maximum absolute atomic E-state index is 11.5. The Balaban J connectivity index is 1.89. The highest BCUT2D eigenvalue weighted by Crippen LogP contribution is 2.25. The summed E-state index contributed by atoms with van der Waals surface area (Å²) in [6.45, 7) is 1.97. The largest absolute Gasteiger partial charge is 0.353 e. The third-order valence-electron chi connectivity index (χ3n) is 3.27. The summed E-state index contributed by atoms with van der Waals surface area (Å²) in [5.74, 6) is 0.682. The van der Waals surface area contributed by atoms with Gasteiger partial charge >= 0.3 is 0 Å². The lowest BCUT2D eigenvalue weighted by molar-refractivity contribution is 0.387. The second kappa shape index (κ2) is 4.83. The van der Waals surface area contributed by atoms with Crippen molar-refractivity contribution in [2.45, 2.75) is 0 Å². The molecule has 1 aliphatic heterocycles. The van der Waals surface area contributed by atoms with Crippen molar-refractivity contribution < 1.29 is 8.42 Å². The van der Waals surface area contributed by atoms with Gasteiger partial charge in [0.2, 0.25) is 15.3 Å². The molecule has 0 aliphatic carbocycles. The molecule has 0 aromatic carbocycles. The number of sulfonamides is 1. The fraction of sp³-hybridized carbons (Fsp3) is 0.500. The maximum atomic E-state index is 11.5. The highest BCUT2D eigenvalue weighted by Gasteiger charge is 2.25. The van der Waals surface area contributed by atoms with Gasteiger partial charge in [0.15, 0.2) is 5.65 Å².